The molecule has 0 amide bonds. The lowest BCUT2D eigenvalue weighted by atomic mass is 10.1. The number of thiol groups is 2. The van der Waals surface area contributed by atoms with E-state index in [1.54, 1.807) is 0 Å². The van der Waals surface area contributed by atoms with Crippen LogP contribution in [0, 0.1) is 11.8 Å². The van der Waals surface area contributed by atoms with Gasteiger partial charge in [0.05, 0.1) is 13.2 Å². The van der Waals surface area contributed by atoms with Gasteiger partial charge in [-0.05, 0) is 24.7 Å². The molecule has 0 fully saturated rings. The molecule has 0 saturated heterocycles. The van der Waals surface area contributed by atoms with Crippen LogP contribution >= 0.6 is 25.3 Å². The zero-order valence-electron chi connectivity index (χ0n) is 12.7. The van der Waals surface area contributed by atoms with E-state index in [0.717, 1.165) is 12.8 Å². The Kier molecular flexibility index (Phi) is 10.2. The molecule has 2 atom stereocenters. The summed E-state index contributed by atoms with van der Waals surface area (Å²) in [6.45, 7) is 8.82. The van der Waals surface area contributed by atoms with Gasteiger partial charge in [0.1, 0.15) is 10.5 Å². The van der Waals surface area contributed by atoms with Crippen LogP contribution < -0.4 is 0 Å². The molecule has 0 aliphatic rings. The van der Waals surface area contributed by atoms with Gasteiger partial charge in [-0.2, -0.15) is 25.3 Å². The van der Waals surface area contributed by atoms with Crippen molar-refractivity contribution in [3.05, 3.63) is 0 Å². The summed E-state index contributed by atoms with van der Waals surface area (Å²) in [5, 5.41) is -1.81. The molecule has 0 heterocycles. The van der Waals surface area contributed by atoms with Gasteiger partial charge in [-0.25, -0.2) is 0 Å². The van der Waals surface area contributed by atoms with Gasteiger partial charge in [0.25, 0.3) is 0 Å². The van der Waals surface area contributed by atoms with Gasteiger partial charge < -0.3 is 9.47 Å². The summed E-state index contributed by atoms with van der Waals surface area (Å²) in [7, 11) is 0. The minimum absolute atomic E-state index is 0.330. The van der Waals surface area contributed by atoms with Gasteiger partial charge in [-0.15, -0.1) is 0 Å². The van der Waals surface area contributed by atoms with Crippen molar-refractivity contribution in [2.75, 3.05) is 13.2 Å². The van der Waals surface area contributed by atoms with E-state index < -0.39 is 22.4 Å². The average molecular weight is 322 g/mol. The third-order valence-corrected chi connectivity index (χ3v) is 3.91. The normalized spacial score (nSPS) is 14.2. The molecule has 118 valence electrons. The van der Waals surface area contributed by atoms with Crippen LogP contribution in [0.5, 0.6) is 0 Å². The Morgan fingerprint density at radius 3 is 1.35 bits per heavy atom. The van der Waals surface area contributed by atoms with Gasteiger partial charge >= 0.3 is 11.9 Å². The van der Waals surface area contributed by atoms with Gasteiger partial charge in [-0.3, -0.25) is 9.59 Å². The highest BCUT2D eigenvalue weighted by Gasteiger charge is 2.30. The van der Waals surface area contributed by atoms with Gasteiger partial charge in [0.2, 0.25) is 0 Å². The summed E-state index contributed by atoms with van der Waals surface area (Å²) < 4.78 is 10.1. The predicted molar refractivity (Wildman–Crippen MR) is 86.4 cm³/mol. The summed E-state index contributed by atoms with van der Waals surface area (Å²) in [6, 6.07) is 0. The van der Waals surface area contributed by atoms with Crippen LogP contribution in [0.1, 0.15) is 40.5 Å². The summed E-state index contributed by atoms with van der Waals surface area (Å²) >= 11 is 8.19. The van der Waals surface area contributed by atoms with Crippen LogP contribution in [0.2, 0.25) is 0 Å². The molecule has 0 bridgehead atoms. The lowest BCUT2D eigenvalue weighted by Crippen LogP contribution is -2.35. The van der Waals surface area contributed by atoms with Crippen molar-refractivity contribution >= 4 is 37.2 Å². The molecule has 20 heavy (non-hydrogen) atoms. The molecule has 0 aromatic heterocycles. The average Bonchev–Trinajstić information content (AvgIpc) is 2.35. The predicted octanol–water partition coefficient (Wildman–Crippen LogP) is 2.76. The Morgan fingerprint density at radius 1 is 0.800 bits per heavy atom. The molecule has 0 N–H and O–H groups in total. The molecular weight excluding hydrogens is 296 g/mol. The number of hydrogen-bond acceptors (Lipinski definition) is 6. The van der Waals surface area contributed by atoms with E-state index in [9.17, 15) is 9.59 Å². The molecule has 6 heteroatoms. The molecule has 0 aliphatic heterocycles. The summed E-state index contributed by atoms with van der Waals surface area (Å²) in [6.07, 6.45) is 1.56. The second-order valence-corrected chi connectivity index (χ2v) is 6.70. The van der Waals surface area contributed by atoms with Crippen molar-refractivity contribution < 1.29 is 19.1 Å². The fraction of sp³-hybridized carbons (Fsp3) is 0.857. The number of carbonyl (C=O) groups is 2. The van der Waals surface area contributed by atoms with Crippen molar-refractivity contribution in [2.24, 2.45) is 11.8 Å². The maximum Gasteiger partial charge on any atom is 0.320 e. The zero-order valence-corrected chi connectivity index (χ0v) is 14.5. The lowest BCUT2D eigenvalue weighted by molar-refractivity contribution is -0.149. The Hall–Kier alpha value is -0.360. The molecular formula is C14H26O4S2. The Labute approximate surface area is 132 Å². The van der Waals surface area contributed by atoms with Gasteiger partial charge in [-0.1, -0.05) is 27.7 Å². The van der Waals surface area contributed by atoms with Crippen molar-refractivity contribution in [2.45, 2.75) is 51.0 Å². The fourth-order valence-corrected chi connectivity index (χ4v) is 1.61. The molecule has 4 nitrogen and oxygen atoms in total. The minimum Gasteiger partial charge on any atom is -0.465 e. The topological polar surface area (TPSA) is 52.6 Å². The first kappa shape index (κ1) is 19.6. The highest BCUT2D eigenvalue weighted by atomic mass is 32.1. The second kappa shape index (κ2) is 10.4. The maximum absolute atomic E-state index is 11.7. The number of carbonyl (C=O) groups excluding carboxylic acids is 2. The van der Waals surface area contributed by atoms with Crippen molar-refractivity contribution in [1.29, 1.82) is 0 Å². The lowest BCUT2D eigenvalue weighted by Gasteiger charge is -2.17. The molecule has 0 rings (SSSR count). The van der Waals surface area contributed by atoms with E-state index in [1.165, 1.54) is 0 Å². The standard InChI is InChI=1S/C14H26O4S2/c1-9(2)5-7-17-13(15)11(19)12(20)14(16)18-8-6-10(3)4/h9-12,19-20H,5-8H2,1-4H3. The molecule has 0 spiro atoms. The van der Waals surface area contributed by atoms with E-state index in [2.05, 4.69) is 25.3 Å². The maximum atomic E-state index is 11.7. The van der Waals surface area contributed by atoms with E-state index in [-0.39, 0.29) is 0 Å². The highest BCUT2D eigenvalue weighted by Crippen LogP contribution is 2.14. The highest BCUT2D eigenvalue weighted by molar-refractivity contribution is 7.86. The fourth-order valence-electron chi connectivity index (χ4n) is 1.22. The first-order chi connectivity index (χ1) is 9.25. The first-order valence-electron chi connectivity index (χ1n) is 6.95. The van der Waals surface area contributed by atoms with Gasteiger partial charge in [0, 0.05) is 0 Å². The van der Waals surface area contributed by atoms with Crippen LogP contribution in [0.15, 0.2) is 0 Å². The van der Waals surface area contributed by atoms with E-state index in [1.807, 2.05) is 27.7 Å². The van der Waals surface area contributed by atoms with Crippen molar-refractivity contribution in [3.63, 3.8) is 0 Å². The van der Waals surface area contributed by atoms with Crippen LogP contribution in [0.3, 0.4) is 0 Å². The Balaban J connectivity index is 4.07. The van der Waals surface area contributed by atoms with Gasteiger partial charge in [0.15, 0.2) is 0 Å². The monoisotopic (exact) mass is 322 g/mol. The molecule has 0 aromatic rings. The third kappa shape index (κ3) is 8.74. The summed E-state index contributed by atoms with van der Waals surface area (Å²) in [5.41, 5.74) is 0. The first-order valence-corrected chi connectivity index (χ1v) is 7.98. The Morgan fingerprint density at radius 2 is 1.10 bits per heavy atom. The largest absolute Gasteiger partial charge is 0.465 e. The number of esters is 2. The number of rotatable bonds is 9. The SMILES string of the molecule is CC(C)CCOC(=O)C(S)C(S)C(=O)OCCC(C)C. The summed E-state index contributed by atoms with van der Waals surface area (Å²) in [5.74, 6) is -0.160. The Bertz CT molecular complexity index is 276. The van der Waals surface area contributed by atoms with Crippen LogP contribution in [-0.2, 0) is 19.1 Å². The summed E-state index contributed by atoms with van der Waals surface area (Å²) in [4.78, 5) is 23.4. The molecule has 0 aliphatic carbocycles. The molecule has 0 saturated carbocycles. The second-order valence-electron chi connectivity index (χ2n) is 5.59. The van der Waals surface area contributed by atoms with Crippen LogP contribution in [0.25, 0.3) is 0 Å². The third-order valence-electron chi connectivity index (χ3n) is 2.66. The molecule has 2 unspecified atom stereocenters. The van der Waals surface area contributed by atoms with E-state index in [4.69, 9.17) is 9.47 Å². The smallest absolute Gasteiger partial charge is 0.320 e. The number of ether oxygens (including phenoxy) is 2. The van der Waals surface area contributed by atoms with E-state index >= 15 is 0 Å². The quantitative estimate of drug-likeness (QED) is 0.506. The molecule has 0 radical (unpaired) electrons. The zero-order chi connectivity index (χ0) is 15.7. The van der Waals surface area contributed by atoms with Crippen molar-refractivity contribution in [3.8, 4) is 0 Å². The molecule has 0 aromatic carbocycles. The van der Waals surface area contributed by atoms with Crippen molar-refractivity contribution in [1.82, 2.24) is 0 Å². The minimum atomic E-state index is -0.906. The van der Waals surface area contributed by atoms with Crippen LogP contribution in [0.4, 0.5) is 0 Å². The number of hydrogen-bond donors (Lipinski definition) is 2. The van der Waals surface area contributed by atoms with E-state index in [0.29, 0.717) is 25.0 Å². The van der Waals surface area contributed by atoms with Crippen LogP contribution in [-0.4, -0.2) is 35.7 Å².